The predicted molar refractivity (Wildman–Crippen MR) is 90.2 cm³/mol. The highest BCUT2D eigenvalue weighted by Gasteiger charge is 2.32. The molecule has 1 amide bonds. The predicted octanol–water partition coefficient (Wildman–Crippen LogP) is 2.04. The molecule has 2 aromatic rings. The Morgan fingerprint density at radius 3 is 2.79 bits per heavy atom. The van der Waals surface area contributed by atoms with Gasteiger partial charge in [-0.1, -0.05) is 18.2 Å². The smallest absolute Gasteiger partial charge is 0.249 e. The van der Waals surface area contributed by atoms with Crippen LogP contribution >= 0.6 is 0 Å². The molecule has 3 rings (SSSR count). The summed E-state index contributed by atoms with van der Waals surface area (Å²) in [5.41, 5.74) is 4.02. The van der Waals surface area contributed by atoms with Gasteiger partial charge in [0.25, 0.3) is 0 Å². The molecule has 1 saturated heterocycles. The highest BCUT2D eigenvalue weighted by molar-refractivity contribution is 5.78. The second-order valence-corrected chi connectivity index (χ2v) is 5.94. The van der Waals surface area contributed by atoms with Gasteiger partial charge >= 0.3 is 0 Å². The van der Waals surface area contributed by atoms with Crippen molar-refractivity contribution in [2.24, 2.45) is 0 Å². The normalized spacial score (nSPS) is 18.0. The molecule has 0 bridgehead atoms. The van der Waals surface area contributed by atoms with Crippen LogP contribution in [0, 0.1) is 13.8 Å². The molecule has 1 aromatic heterocycles. The maximum Gasteiger partial charge on any atom is 0.249 e. The quantitative estimate of drug-likeness (QED) is 0.861. The number of hydrogen-bond acceptors (Lipinski definition) is 4. The van der Waals surface area contributed by atoms with Crippen LogP contribution in [0.5, 0.6) is 0 Å². The van der Waals surface area contributed by atoms with Crippen LogP contribution in [0.4, 0.5) is 0 Å². The topological polar surface area (TPSA) is 56.6 Å². The van der Waals surface area contributed by atoms with Gasteiger partial charge in [-0.3, -0.25) is 4.79 Å². The van der Waals surface area contributed by atoms with Crippen molar-refractivity contribution < 1.29 is 14.3 Å². The zero-order chi connectivity index (χ0) is 17.1. The molecule has 1 aliphatic heterocycles. The van der Waals surface area contributed by atoms with Crippen molar-refractivity contribution in [3.63, 3.8) is 0 Å². The van der Waals surface area contributed by atoms with Gasteiger partial charge in [0.2, 0.25) is 5.91 Å². The Kier molecular flexibility index (Phi) is 4.97. The van der Waals surface area contributed by atoms with Gasteiger partial charge < -0.3 is 14.4 Å². The van der Waals surface area contributed by atoms with Crippen molar-refractivity contribution in [1.29, 1.82) is 0 Å². The van der Waals surface area contributed by atoms with Crippen LogP contribution in [0.15, 0.2) is 30.3 Å². The largest absolute Gasteiger partial charge is 0.377 e. The van der Waals surface area contributed by atoms with Crippen molar-refractivity contribution >= 4 is 5.91 Å². The number of rotatable bonds is 4. The molecule has 1 fully saturated rings. The Bertz CT molecular complexity index is 712. The number of methoxy groups -OCH3 is 1. The van der Waals surface area contributed by atoms with Gasteiger partial charge in [-0.2, -0.15) is 5.10 Å². The van der Waals surface area contributed by atoms with Gasteiger partial charge in [-0.05, 0) is 26.0 Å². The van der Waals surface area contributed by atoms with Gasteiger partial charge in [0.1, 0.15) is 6.61 Å². The molecule has 0 unspecified atom stereocenters. The SMILES string of the molecule is COCC(=O)N1CCOC[C@H]1c1c(C)nn(-c2ccccc2)c1C. The Hall–Kier alpha value is -2.18. The van der Waals surface area contributed by atoms with E-state index in [0.29, 0.717) is 19.8 Å². The van der Waals surface area contributed by atoms with Crippen LogP contribution in [0.1, 0.15) is 23.0 Å². The number of carbonyl (C=O) groups is 1. The Morgan fingerprint density at radius 2 is 2.08 bits per heavy atom. The number of carbonyl (C=O) groups excluding carboxylic acids is 1. The van der Waals surface area contributed by atoms with Crippen molar-refractivity contribution in [3.8, 4) is 5.69 Å². The Morgan fingerprint density at radius 1 is 1.33 bits per heavy atom. The zero-order valence-electron chi connectivity index (χ0n) is 14.4. The minimum atomic E-state index is -0.126. The first-order valence-electron chi connectivity index (χ1n) is 8.11. The van der Waals surface area contributed by atoms with Crippen LogP contribution in [0.2, 0.25) is 0 Å². The molecule has 6 nitrogen and oxygen atoms in total. The fourth-order valence-corrected chi connectivity index (χ4v) is 3.31. The summed E-state index contributed by atoms with van der Waals surface area (Å²) in [5.74, 6) is -0.0166. The molecule has 0 saturated carbocycles. The summed E-state index contributed by atoms with van der Waals surface area (Å²) in [6.45, 7) is 5.71. The van der Waals surface area contributed by atoms with E-state index in [0.717, 1.165) is 22.6 Å². The molecule has 0 radical (unpaired) electrons. The minimum absolute atomic E-state index is 0.0166. The molecule has 1 atom stereocenters. The summed E-state index contributed by atoms with van der Waals surface area (Å²) < 4.78 is 12.6. The van der Waals surface area contributed by atoms with E-state index in [1.54, 1.807) is 0 Å². The van der Waals surface area contributed by atoms with Crippen LogP contribution in [-0.4, -0.2) is 54.1 Å². The second kappa shape index (κ2) is 7.15. The summed E-state index contributed by atoms with van der Waals surface area (Å²) in [7, 11) is 1.54. The summed E-state index contributed by atoms with van der Waals surface area (Å²) >= 11 is 0. The molecule has 0 N–H and O–H groups in total. The Labute approximate surface area is 142 Å². The number of morpholine rings is 1. The summed E-state index contributed by atoms with van der Waals surface area (Å²) in [6.07, 6.45) is 0. The molecule has 6 heteroatoms. The lowest BCUT2D eigenvalue weighted by atomic mass is 10.0. The van der Waals surface area contributed by atoms with Crippen molar-refractivity contribution in [2.75, 3.05) is 33.5 Å². The molecule has 24 heavy (non-hydrogen) atoms. The van der Waals surface area contributed by atoms with Crippen molar-refractivity contribution in [2.45, 2.75) is 19.9 Å². The minimum Gasteiger partial charge on any atom is -0.377 e. The van der Waals surface area contributed by atoms with E-state index in [2.05, 4.69) is 5.10 Å². The Balaban J connectivity index is 1.98. The van der Waals surface area contributed by atoms with Crippen LogP contribution in [-0.2, 0) is 14.3 Å². The second-order valence-electron chi connectivity index (χ2n) is 5.94. The van der Waals surface area contributed by atoms with Crippen molar-refractivity contribution in [1.82, 2.24) is 14.7 Å². The highest BCUT2D eigenvalue weighted by atomic mass is 16.5. The third kappa shape index (κ3) is 3.07. The maximum absolute atomic E-state index is 12.4. The number of nitrogens with zero attached hydrogens (tertiary/aromatic N) is 3. The molecule has 2 heterocycles. The molecule has 1 aliphatic rings. The highest BCUT2D eigenvalue weighted by Crippen LogP contribution is 2.30. The van der Waals surface area contributed by atoms with Gasteiger partial charge in [0.15, 0.2) is 0 Å². The number of ether oxygens (including phenoxy) is 2. The van der Waals surface area contributed by atoms with E-state index in [4.69, 9.17) is 9.47 Å². The fraction of sp³-hybridized carbons (Fsp3) is 0.444. The first kappa shape index (κ1) is 16.7. The lowest BCUT2D eigenvalue weighted by molar-refractivity contribution is -0.144. The third-order valence-corrected chi connectivity index (χ3v) is 4.40. The number of benzene rings is 1. The van der Waals surface area contributed by atoms with E-state index < -0.39 is 0 Å². The summed E-state index contributed by atoms with van der Waals surface area (Å²) in [5, 5.41) is 4.69. The number of para-hydroxylation sites is 1. The van der Waals surface area contributed by atoms with Crippen LogP contribution in [0.3, 0.4) is 0 Å². The monoisotopic (exact) mass is 329 g/mol. The first-order chi connectivity index (χ1) is 11.6. The lowest BCUT2D eigenvalue weighted by Crippen LogP contribution is -2.45. The van der Waals surface area contributed by atoms with Crippen LogP contribution in [0.25, 0.3) is 5.69 Å². The average Bonchev–Trinajstić information content (AvgIpc) is 2.90. The van der Waals surface area contributed by atoms with E-state index in [1.807, 2.05) is 53.8 Å². The standard InChI is InChI=1S/C18H23N3O3/c1-13-18(14(2)21(19-13)15-7-5-4-6-8-15)16-11-24-10-9-20(16)17(22)12-23-3/h4-8,16H,9-12H2,1-3H3/t16-/m0/s1. The van der Waals surface area contributed by atoms with E-state index >= 15 is 0 Å². The summed E-state index contributed by atoms with van der Waals surface area (Å²) in [4.78, 5) is 14.2. The molecular formula is C18H23N3O3. The van der Waals surface area contributed by atoms with Gasteiger partial charge in [-0.15, -0.1) is 0 Å². The molecule has 128 valence electrons. The maximum atomic E-state index is 12.4. The fourth-order valence-electron chi connectivity index (χ4n) is 3.31. The van der Waals surface area contributed by atoms with Crippen molar-refractivity contribution in [3.05, 3.63) is 47.3 Å². The van der Waals surface area contributed by atoms with Gasteiger partial charge in [0.05, 0.1) is 30.6 Å². The van der Waals surface area contributed by atoms with Gasteiger partial charge in [-0.25, -0.2) is 4.68 Å². The average molecular weight is 329 g/mol. The van der Waals surface area contributed by atoms with E-state index in [9.17, 15) is 4.79 Å². The first-order valence-corrected chi connectivity index (χ1v) is 8.11. The molecule has 0 aliphatic carbocycles. The summed E-state index contributed by atoms with van der Waals surface area (Å²) in [6, 6.07) is 9.88. The number of aromatic nitrogens is 2. The zero-order valence-corrected chi connectivity index (χ0v) is 14.4. The number of hydrogen-bond donors (Lipinski definition) is 0. The third-order valence-electron chi connectivity index (χ3n) is 4.40. The molecule has 0 spiro atoms. The lowest BCUT2D eigenvalue weighted by Gasteiger charge is -2.36. The van der Waals surface area contributed by atoms with E-state index in [1.165, 1.54) is 7.11 Å². The molecule has 1 aromatic carbocycles. The van der Waals surface area contributed by atoms with Gasteiger partial charge in [0, 0.05) is 24.9 Å². The van der Waals surface area contributed by atoms with Crippen LogP contribution < -0.4 is 0 Å². The van der Waals surface area contributed by atoms with E-state index in [-0.39, 0.29) is 18.6 Å². The number of amides is 1. The number of aryl methyl sites for hydroxylation is 1. The molecular weight excluding hydrogens is 306 g/mol.